The van der Waals surface area contributed by atoms with Gasteiger partial charge in [0.05, 0.1) is 11.6 Å². The molecule has 2 aliphatic carbocycles. The predicted octanol–water partition coefficient (Wildman–Crippen LogP) is 6.77. The van der Waals surface area contributed by atoms with Gasteiger partial charge in [0.1, 0.15) is 5.60 Å². The summed E-state index contributed by atoms with van der Waals surface area (Å²) in [5, 5.41) is 0. The van der Waals surface area contributed by atoms with Crippen LogP contribution in [0.1, 0.15) is 114 Å². The standard InChI is InChI=1S/C32H47NO4/c1-5-22-11-15-25(16-12-22)30(35)33-20-19-27(24-9-7-6-8-10-24)29(33)28(34)21-23-13-17-26(18-14-23)31(36)37-32(2,3)4/h13-14,17-18,22,24-25,27,29H,5-12,15-16,19-21H2,1-4H3/t22?,25?,27-,29-/m0/s1. The maximum absolute atomic E-state index is 13.9. The molecule has 2 saturated carbocycles. The van der Waals surface area contributed by atoms with E-state index in [-0.39, 0.29) is 35.5 Å². The van der Waals surface area contributed by atoms with Crippen molar-refractivity contribution in [2.45, 2.75) is 116 Å². The summed E-state index contributed by atoms with van der Waals surface area (Å²) in [6, 6.07) is 6.92. The van der Waals surface area contributed by atoms with Gasteiger partial charge in [-0.15, -0.1) is 0 Å². The zero-order valence-electron chi connectivity index (χ0n) is 23.5. The van der Waals surface area contributed by atoms with Gasteiger partial charge >= 0.3 is 5.97 Å². The molecule has 0 spiro atoms. The van der Waals surface area contributed by atoms with E-state index < -0.39 is 5.60 Å². The lowest BCUT2D eigenvalue weighted by Crippen LogP contribution is -2.48. The quantitative estimate of drug-likeness (QED) is 0.381. The fraction of sp³-hybridized carbons (Fsp3) is 0.719. The molecular weight excluding hydrogens is 462 g/mol. The highest BCUT2D eigenvalue weighted by Gasteiger charge is 2.46. The molecule has 0 unspecified atom stereocenters. The van der Waals surface area contributed by atoms with Crippen LogP contribution in [0.5, 0.6) is 0 Å². The molecule has 37 heavy (non-hydrogen) atoms. The number of hydrogen-bond donors (Lipinski definition) is 0. The first-order chi connectivity index (χ1) is 17.7. The van der Waals surface area contributed by atoms with Gasteiger partial charge in [0.15, 0.2) is 5.78 Å². The zero-order chi connectivity index (χ0) is 26.6. The minimum atomic E-state index is -0.548. The number of esters is 1. The molecule has 5 heteroatoms. The first kappa shape index (κ1) is 27.9. The van der Waals surface area contributed by atoms with Crippen molar-refractivity contribution < 1.29 is 19.1 Å². The second kappa shape index (κ2) is 12.1. The lowest BCUT2D eigenvalue weighted by molar-refractivity contribution is -0.143. The maximum atomic E-state index is 13.9. The number of ether oxygens (including phenoxy) is 1. The summed E-state index contributed by atoms with van der Waals surface area (Å²) in [6.45, 7) is 8.53. The molecule has 5 nitrogen and oxygen atoms in total. The molecule has 1 saturated heterocycles. The van der Waals surface area contributed by atoms with Gasteiger partial charge in [0.2, 0.25) is 5.91 Å². The Morgan fingerprint density at radius 3 is 2.14 bits per heavy atom. The number of carbonyl (C=O) groups excluding carboxylic acids is 3. The molecule has 1 aliphatic heterocycles. The molecule has 204 valence electrons. The number of ketones is 1. The van der Waals surface area contributed by atoms with Crippen molar-refractivity contribution in [3.63, 3.8) is 0 Å². The van der Waals surface area contributed by atoms with Gasteiger partial charge in [-0.25, -0.2) is 4.79 Å². The predicted molar refractivity (Wildman–Crippen MR) is 146 cm³/mol. The number of amides is 1. The molecular formula is C32H47NO4. The van der Waals surface area contributed by atoms with Gasteiger partial charge in [-0.2, -0.15) is 0 Å². The molecule has 2 atom stereocenters. The molecule has 0 N–H and O–H groups in total. The van der Waals surface area contributed by atoms with Gasteiger partial charge in [-0.1, -0.05) is 57.6 Å². The number of hydrogen-bond acceptors (Lipinski definition) is 4. The Labute approximate surface area is 223 Å². The first-order valence-corrected chi connectivity index (χ1v) is 14.8. The Hall–Kier alpha value is -2.17. The summed E-state index contributed by atoms with van der Waals surface area (Å²) in [5.41, 5.74) is 0.836. The fourth-order valence-electron chi connectivity index (χ4n) is 6.99. The third-order valence-electron chi connectivity index (χ3n) is 9.05. The van der Waals surface area contributed by atoms with Crippen molar-refractivity contribution in [1.82, 2.24) is 4.90 Å². The molecule has 3 aliphatic rings. The number of likely N-dealkylation sites (tertiary alicyclic amines) is 1. The van der Waals surface area contributed by atoms with E-state index in [0.717, 1.165) is 50.1 Å². The van der Waals surface area contributed by atoms with Crippen LogP contribution in [-0.2, 0) is 20.7 Å². The van der Waals surface area contributed by atoms with Crippen molar-refractivity contribution in [3.05, 3.63) is 35.4 Å². The van der Waals surface area contributed by atoms with E-state index in [1.807, 2.05) is 37.8 Å². The van der Waals surface area contributed by atoms with E-state index in [0.29, 0.717) is 17.9 Å². The first-order valence-electron chi connectivity index (χ1n) is 14.8. The molecule has 1 aromatic rings. The Kier molecular flexibility index (Phi) is 9.13. The molecule has 1 amide bonds. The van der Waals surface area contributed by atoms with Crippen LogP contribution in [0.25, 0.3) is 0 Å². The number of carbonyl (C=O) groups is 3. The van der Waals surface area contributed by atoms with Crippen molar-refractivity contribution in [3.8, 4) is 0 Å². The van der Waals surface area contributed by atoms with Crippen molar-refractivity contribution >= 4 is 17.7 Å². The topological polar surface area (TPSA) is 63.7 Å². The second-order valence-corrected chi connectivity index (χ2v) is 12.8. The lowest BCUT2D eigenvalue weighted by atomic mass is 9.75. The van der Waals surface area contributed by atoms with E-state index in [4.69, 9.17) is 4.74 Å². The van der Waals surface area contributed by atoms with Gasteiger partial charge in [-0.3, -0.25) is 9.59 Å². The van der Waals surface area contributed by atoms with Crippen LogP contribution in [0.2, 0.25) is 0 Å². The Balaban J connectivity index is 1.48. The largest absolute Gasteiger partial charge is 0.456 e. The van der Waals surface area contributed by atoms with Crippen LogP contribution in [0.3, 0.4) is 0 Å². The minimum Gasteiger partial charge on any atom is -0.456 e. The van der Waals surface area contributed by atoms with Crippen LogP contribution < -0.4 is 0 Å². The van der Waals surface area contributed by atoms with Crippen LogP contribution in [0, 0.1) is 23.7 Å². The summed E-state index contributed by atoms with van der Waals surface area (Å²) < 4.78 is 5.47. The number of rotatable bonds is 7. The average Bonchev–Trinajstić information content (AvgIpc) is 3.34. The Morgan fingerprint density at radius 2 is 1.54 bits per heavy atom. The van der Waals surface area contributed by atoms with Crippen molar-refractivity contribution in [2.24, 2.45) is 23.7 Å². The summed E-state index contributed by atoms with van der Waals surface area (Å²) in [5.74, 6) is 1.69. The monoisotopic (exact) mass is 509 g/mol. The normalized spacial score (nSPS) is 27.2. The van der Waals surface area contributed by atoms with Gasteiger partial charge in [0, 0.05) is 18.9 Å². The molecule has 4 rings (SSSR count). The molecule has 0 bridgehead atoms. The SMILES string of the molecule is CCC1CCC(C(=O)N2CC[C@@H](C3CCCCC3)[C@H]2C(=O)Cc2ccc(C(=O)OC(C)(C)C)cc2)CC1. The van der Waals surface area contributed by atoms with E-state index >= 15 is 0 Å². The molecule has 0 aromatic heterocycles. The molecule has 0 radical (unpaired) electrons. The molecule has 1 heterocycles. The zero-order valence-corrected chi connectivity index (χ0v) is 23.5. The Morgan fingerprint density at radius 1 is 0.892 bits per heavy atom. The number of Topliss-reactive ketones (excluding diaryl/α,β-unsaturated/α-hetero) is 1. The number of benzene rings is 1. The van der Waals surface area contributed by atoms with Crippen molar-refractivity contribution in [1.29, 1.82) is 0 Å². The van der Waals surface area contributed by atoms with E-state index in [9.17, 15) is 14.4 Å². The molecule has 1 aromatic carbocycles. The summed E-state index contributed by atoms with van der Waals surface area (Å²) in [4.78, 5) is 42.0. The third kappa shape index (κ3) is 7.03. The lowest BCUT2D eigenvalue weighted by Gasteiger charge is -2.36. The fourth-order valence-corrected chi connectivity index (χ4v) is 6.99. The highest BCUT2D eigenvalue weighted by Crippen LogP contribution is 2.41. The maximum Gasteiger partial charge on any atom is 0.338 e. The van der Waals surface area contributed by atoms with Crippen LogP contribution in [0.15, 0.2) is 24.3 Å². The average molecular weight is 510 g/mol. The highest BCUT2D eigenvalue weighted by molar-refractivity contribution is 5.93. The third-order valence-corrected chi connectivity index (χ3v) is 9.05. The van der Waals surface area contributed by atoms with Crippen LogP contribution >= 0.6 is 0 Å². The summed E-state index contributed by atoms with van der Waals surface area (Å²) >= 11 is 0. The van der Waals surface area contributed by atoms with E-state index in [2.05, 4.69) is 6.92 Å². The minimum absolute atomic E-state index is 0.0799. The summed E-state index contributed by atoms with van der Waals surface area (Å²) in [7, 11) is 0. The van der Waals surface area contributed by atoms with E-state index in [1.165, 1.54) is 38.5 Å². The van der Waals surface area contributed by atoms with E-state index in [1.54, 1.807) is 12.1 Å². The van der Waals surface area contributed by atoms with Gasteiger partial charge in [-0.05, 0) is 88.3 Å². The highest BCUT2D eigenvalue weighted by atomic mass is 16.6. The second-order valence-electron chi connectivity index (χ2n) is 12.8. The Bertz CT molecular complexity index is 933. The van der Waals surface area contributed by atoms with Gasteiger partial charge < -0.3 is 9.64 Å². The van der Waals surface area contributed by atoms with Gasteiger partial charge in [0.25, 0.3) is 0 Å². The summed E-state index contributed by atoms with van der Waals surface area (Å²) in [6.07, 6.45) is 12.8. The van der Waals surface area contributed by atoms with Crippen molar-refractivity contribution in [2.75, 3.05) is 6.54 Å². The molecule has 3 fully saturated rings. The number of nitrogens with zero attached hydrogens (tertiary/aromatic N) is 1. The smallest absolute Gasteiger partial charge is 0.338 e. The van der Waals surface area contributed by atoms with Crippen LogP contribution in [-0.4, -0.2) is 40.7 Å². The van der Waals surface area contributed by atoms with Crippen LogP contribution in [0.4, 0.5) is 0 Å².